The molecule has 0 unspecified atom stereocenters. The monoisotopic (exact) mass is 409 g/mol. The quantitative estimate of drug-likeness (QED) is 0.694. The van der Waals surface area contributed by atoms with Gasteiger partial charge in [-0.3, -0.25) is 9.88 Å². The van der Waals surface area contributed by atoms with Gasteiger partial charge in [-0.2, -0.15) is 0 Å². The zero-order valence-corrected chi connectivity index (χ0v) is 17.7. The Morgan fingerprint density at radius 3 is 3.00 bits per heavy atom. The van der Waals surface area contributed by atoms with E-state index < -0.39 is 0 Å². The van der Waals surface area contributed by atoms with Crippen LogP contribution in [0.4, 0.5) is 5.82 Å². The zero-order chi connectivity index (χ0) is 19.6. The van der Waals surface area contributed by atoms with Gasteiger partial charge in [-0.25, -0.2) is 9.97 Å². The maximum atomic E-state index is 5.49. The number of nitrogens with zero attached hydrogens (tertiary/aromatic N) is 4. The minimum atomic E-state index is 0.720. The fourth-order valence-corrected chi connectivity index (χ4v) is 5.63. The van der Waals surface area contributed by atoms with Gasteiger partial charge in [0.25, 0.3) is 0 Å². The highest BCUT2D eigenvalue weighted by Crippen LogP contribution is 2.40. The van der Waals surface area contributed by atoms with Crippen molar-refractivity contribution >= 4 is 27.4 Å². The Bertz CT molecular complexity index is 984. The molecule has 0 bridgehead atoms. The fourth-order valence-electron chi connectivity index (χ4n) is 4.23. The van der Waals surface area contributed by atoms with Gasteiger partial charge in [0.15, 0.2) is 0 Å². The lowest BCUT2D eigenvalue weighted by atomic mass is 9.89. The molecule has 1 saturated heterocycles. The van der Waals surface area contributed by atoms with Crippen LogP contribution < -0.4 is 5.32 Å². The Kier molecular flexibility index (Phi) is 5.44. The van der Waals surface area contributed by atoms with Gasteiger partial charge in [0.1, 0.15) is 16.5 Å². The summed E-state index contributed by atoms with van der Waals surface area (Å²) in [4.78, 5) is 19.2. The third kappa shape index (κ3) is 4.13. The van der Waals surface area contributed by atoms with Crippen LogP contribution in [-0.4, -0.2) is 46.2 Å². The van der Waals surface area contributed by atoms with Gasteiger partial charge in [-0.1, -0.05) is 13.0 Å². The molecular formula is C22H27N5OS. The Labute approximate surface area is 175 Å². The molecule has 0 amide bonds. The van der Waals surface area contributed by atoms with Crippen LogP contribution in [-0.2, 0) is 30.7 Å². The number of rotatable bonds is 5. The van der Waals surface area contributed by atoms with E-state index in [9.17, 15) is 0 Å². The van der Waals surface area contributed by atoms with Crippen LogP contribution in [0.5, 0.6) is 0 Å². The first-order valence-corrected chi connectivity index (χ1v) is 11.3. The fraction of sp³-hybridized carbons (Fsp3) is 0.500. The number of hydrogen-bond donors (Lipinski definition) is 1. The van der Waals surface area contributed by atoms with Crippen LogP contribution in [0.2, 0.25) is 0 Å². The first-order valence-electron chi connectivity index (χ1n) is 10.5. The molecule has 152 valence electrons. The number of ether oxygens (including phenoxy) is 1. The number of hydrogen-bond acceptors (Lipinski definition) is 7. The predicted molar refractivity (Wildman–Crippen MR) is 116 cm³/mol. The number of morpholine rings is 1. The molecule has 6 nitrogen and oxygen atoms in total. The number of nitrogens with one attached hydrogen (secondary N) is 1. The number of anilines is 1. The average Bonchev–Trinajstić information content (AvgIpc) is 3.11. The Morgan fingerprint density at radius 2 is 2.17 bits per heavy atom. The van der Waals surface area contributed by atoms with E-state index in [1.165, 1.54) is 22.2 Å². The molecule has 0 spiro atoms. The molecule has 3 aromatic heterocycles. The highest BCUT2D eigenvalue weighted by atomic mass is 32.1. The normalized spacial score (nSPS) is 20.0. The van der Waals surface area contributed by atoms with E-state index in [1.807, 2.05) is 29.8 Å². The Morgan fingerprint density at radius 1 is 1.28 bits per heavy atom. The summed E-state index contributed by atoms with van der Waals surface area (Å²) >= 11 is 1.87. The van der Waals surface area contributed by atoms with Crippen molar-refractivity contribution in [2.24, 2.45) is 5.92 Å². The zero-order valence-electron chi connectivity index (χ0n) is 16.9. The number of pyridine rings is 1. The highest BCUT2D eigenvalue weighted by Gasteiger charge is 2.24. The van der Waals surface area contributed by atoms with E-state index in [0.29, 0.717) is 0 Å². The molecule has 0 saturated carbocycles. The van der Waals surface area contributed by atoms with Gasteiger partial charge in [0.05, 0.1) is 25.1 Å². The number of aromatic nitrogens is 3. The van der Waals surface area contributed by atoms with E-state index in [0.717, 1.165) is 80.2 Å². The van der Waals surface area contributed by atoms with Crippen molar-refractivity contribution < 1.29 is 4.74 Å². The summed E-state index contributed by atoms with van der Waals surface area (Å²) in [6, 6.07) is 4.07. The van der Waals surface area contributed by atoms with E-state index >= 15 is 0 Å². The molecule has 1 fully saturated rings. The lowest BCUT2D eigenvalue weighted by Crippen LogP contribution is -2.36. The van der Waals surface area contributed by atoms with Crippen LogP contribution in [0.25, 0.3) is 10.2 Å². The summed E-state index contributed by atoms with van der Waals surface area (Å²) in [5, 5.41) is 4.84. The molecule has 0 radical (unpaired) electrons. The molecule has 1 N–H and O–H groups in total. The van der Waals surface area contributed by atoms with Crippen molar-refractivity contribution in [3.8, 4) is 0 Å². The van der Waals surface area contributed by atoms with Gasteiger partial charge in [-0.05, 0) is 42.4 Å². The van der Waals surface area contributed by atoms with Crippen molar-refractivity contribution in [2.45, 2.75) is 39.3 Å². The number of aryl methyl sites for hydroxylation is 1. The van der Waals surface area contributed by atoms with Gasteiger partial charge in [0, 0.05) is 36.9 Å². The molecule has 3 aromatic rings. The van der Waals surface area contributed by atoms with Crippen molar-refractivity contribution in [1.82, 2.24) is 19.9 Å². The van der Waals surface area contributed by atoms with Gasteiger partial charge >= 0.3 is 0 Å². The lowest BCUT2D eigenvalue weighted by molar-refractivity contribution is 0.0331. The summed E-state index contributed by atoms with van der Waals surface area (Å²) in [6.45, 7) is 7.32. The average molecular weight is 410 g/mol. The van der Waals surface area contributed by atoms with E-state index in [4.69, 9.17) is 14.7 Å². The summed E-state index contributed by atoms with van der Waals surface area (Å²) in [6.07, 6.45) is 7.26. The molecule has 7 heteroatoms. The maximum Gasteiger partial charge on any atom is 0.146 e. The summed E-state index contributed by atoms with van der Waals surface area (Å²) in [7, 11) is 0. The van der Waals surface area contributed by atoms with Crippen molar-refractivity contribution in [1.29, 1.82) is 0 Å². The smallest absolute Gasteiger partial charge is 0.146 e. The standard InChI is InChI=1S/C22H27N5OS/c1-15-4-5-17-18(11-15)29-22-20(17)21(24-13-16-3-2-6-23-12-16)25-19(26-22)14-27-7-9-28-10-8-27/h2-3,6,12,15H,4-5,7-11,13-14H2,1H3,(H,24,25,26)/t15-/m0/s1. The molecule has 1 atom stereocenters. The van der Waals surface area contributed by atoms with Crippen molar-refractivity contribution in [2.75, 3.05) is 31.6 Å². The number of fused-ring (bicyclic) bond motifs is 3. The second kappa shape index (κ2) is 8.34. The molecule has 1 aliphatic heterocycles. The first kappa shape index (κ1) is 18.9. The maximum absolute atomic E-state index is 5.49. The van der Waals surface area contributed by atoms with Gasteiger partial charge in [0.2, 0.25) is 0 Å². The molecule has 29 heavy (non-hydrogen) atoms. The van der Waals surface area contributed by atoms with Crippen molar-refractivity contribution in [3.05, 3.63) is 46.4 Å². The number of thiophene rings is 1. The van der Waals surface area contributed by atoms with Gasteiger partial charge in [-0.15, -0.1) is 11.3 Å². The molecule has 4 heterocycles. The topological polar surface area (TPSA) is 63.2 Å². The van der Waals surface area contributed by atoms with Crippen LogP contribution >= 0.6 is 11.3 Å². The van der Waals surface area contributed by atoms with Crippen LogP contribution in [0, 0.1) is 5.92 Å². The first-order chi connectivity index (χ1) is 14.3. The highest BCUT2D eigenvalue weighted by molar-refractivity contribution is 7.19. The van der Waals surface area contributed by atoms with Crippen molar-refractivity contribution in [3.63, 3.8) is 0 Å². The largest absolute Gasteiger partial charge is 0.379 e. The second-order valence-electron chi connectivity index (χ2n) is 8.12. The Balaban J connectivity index is 1.49. The minimum Gasteiger partial charge on any atom is -0.379 e. The molecular weight excluding hydrogens is 382 g/mol. The molecule has 0 aromatic carbocycles. The second-order valence-corrected chi connectivity index (χ2v) is 9.21. The summed E-state index contributed by atoms with van der Waals surface area (Å²) < 4.78 is 5.49. The summed E-state index contributed by atoms with van der Waals surface area (Å²) in [5.74, 6) is 2.64. The molecule has 2 aliphatic rings. The van der Waals surface area contributed by atoms with Crippen LogP contribution in [0.15, 0.2) is 24.5 Å². The van der Waals surface area contributed by atoms with E-state index in [2.05, 4.69) is 28.2 Å². The SMILES string of the molecule is C[C@H]1CCc2c(sc3nc(CN4CCOCC4)nc(NCc4cccnc4)c23)C1. The third-order valence-electron chi connectivity index (χ3n) is 5.85. The van der Waals surface area contributed by atoms with E-state index in [1.54, 1.807) is 0 Å². The Hall–Kier alpha value is -2.09. The third-order valence-corrected chi connectivity index (χ3v) is 7.00. The molecule has 5 rings (SSSR count). The summed E-state index contributed by atoms with van der Waals surface area (Å²) in [5.41, 5.74) is 2.63. The lowest BCUT2D eigenvalue weighted by Gasteiger charge is -2.26. The predicted octanol–water partition coefficient (Wildman–Crippen LogP) is 3.66. The minimum absolute atomic E-state index is 0.720. The van der Waals surface area contributed by atoms with Crippen LogP contribution in [0.3, 0.4) is 0 Å². The van der Waals surface area contributed by atoms with Gasteiger partial charge < -0.3 is 10.1 Å². The molecule has 1 aliphatic carbocycles. The van der Waals surface area contributed by atoms with E-state index in [-0.39, 0.29) is 0 Å². The van der Waals surface area contributed by atoms with Crippen LogP contribution in [0.1, 0.15) is 35.2 Å².